The van der Waals surface area contributed by atoms with E-state index in [4.69, 9.17) is 15.6 Å². The molecule has 1 rings (SSSR count). The number of carbonyl (C=O) groups excluding carboxylic acids is 1. The van der Waals surface area contributed by atoms with E-state index in [-0.39, 0.29) is 26.2 Å². The van der Waals surface area contributed by atoms with E-state index in [0.717, 1.165) is 0 Å². The molecule has 7 heteroatoms. The maximum Gasteiger partial charge on any atom is 2.00 e. The zero-order valence-corrected chi connectivity index (χ0v) is 10.0. The van der Waals surface area contributed by atoms with Crippen molar-refractivity contribution in [2.75, 3.05) is 7.11 Å². The van der Waals surface area contributed by atoms with Crippen LogP contribution >= 0.6 is 0 Å². The molecule has 0 aliphatic heterocycles. The third-order valence-electron chi connectivity index (χ3n) is 1.66. The third kappa shape index (κ3) is 3.89. The van der Waals surface area contributed by atoms with Gasteiger partial charge in [-0.3, -0.25) is 0 Å². The Morgan fingerprint density at radius 2 is 2.31 bits per heavy atom. The minimum absolute atomic E-state index is 0. The van der Waals surface area contributed by atoms with Crippen LogP contribution in [0.2, 0.25) is 0 Å². The SMILES string of the molecule is COc1cccc(C=NNC(N)=O)c1[OH2+].[Pd+2]. The van der Waals surface area contributed by atoms with Crippen LogP contribution in [-0.4, -0.2) is 24.5 Å². The van der Waals surface area contributed by atoms with Crippen molar-refractivity contribution in [2.45, 2.75) is 0 Å². The number of nitrogens with zero attached hydrogens (tertiary/aromatic N) is 1. The van der Waals surface area contributed by atoms with Crippen molar-refractivity contribution in [3.8, 4) is 11.5 Å². The molecule has 0 saturated heterocycles. The number of benzene rings is 1. The predicted octanol–water partition coefficient (Wildman–Crippen LogP) is 0.133. The molecule has 2 amide bonds. The molecule has 6 nitrogen and oxygen atoms in total. The van der Waals surface area contributed by atoms with Crippen LogP contribution in [0.3, 0.4) is 0 Å². The Morgan fingerprint density at radius 1 is 1.62 bits per heavy atom. The van der Waals surface area contributed by atoms with Crippen LogP contribution < -0.4 is 15.9 Å². The fraction of sp³-hybridized carbons (Fsp3) is 0.111. The number of methoxy groups -OCH3 is 1. The van der Waals surface area contributed by atoms with Crippen LogP contribution in [-0.2, 0) is 20.4 Å². The maximum atomic E-state index is 10.3. The minimum Gasteiger partial charge on any atom is -0.590 e. The summed E-state index contributed by atoms with van der Waals surface area (Å²) in [7, 11) is 1.48. The molecule has 0 unspecified atom stereocenters. The van der Waals surface area contributed by atoms with E-state index in [2.05, 4.69) is 5.10 Å². The quantitative estimate of drug-likeness (QED) is 0.358. The second-order valence-electron chi connectivity index (χ2n) is 2.66. The van der Waals surface area contributed by atoms with Crippen LogP contribution in [0.25, 0.3) is 0 Å². The second-order valence-corrected chi connectivity index (χ2v) is 2.66. The Morgan fingerprint density at radius 3 is 2.88 bits per heavy atom. The summed E-state index contributed by atoms with van der Waals surface area (Å²) in [4.78, 5) is 10.3. The molecule has 0 bridgehead atoms. The molecule has 88 valence electrons. The fourth-order valence-corrected chi connectivity index (χ4v) is 0.991. The van der Waals surface area contributed by atoms with E-state index in [1.165, 1.54) is 13.3 Å². The molecular formula is C9H12N3O3Pd+3. The Labute approximate surface area is 106 Å². The van der Waals surface area contributed by atoms with Crippen molar-refractivity contribution in [3.05, 3.63) is 23.8 Å². The van der Waals surface area contributed by atoms with Crippen molar-refractivity contribution in [1.82, 2.24) is 5.43 Å². The maximum absolute atomic E-state index is 10.3. The molecule has 0 saturated carbocycles. The number of hydrazone groups is 1. The van der Waals surface area contributed by atoms with Gasteiger partial charge in [-0.15, -0.1) is 0 Å². The summed E-state index contributed by atoms with van der Waals surface area (Å²) in [6.07, 6.45) is 1.33. The van der Waals surface area contributed by atoms with Crippen molar-refractivity contribution >= 4 is 12.2 Å². The zero-order valence-electron chi connectivity index (χ0n) is 8.47. The van der Waals surface area contributed by atoms with Crippen LogP contribution in [0.1, 0.15) is 5.56 Å². The van der Waals surface area contributed by atoms with E-state index in [1.807, 2.05) is 5.43 Å². The van der Waals surface area contributed by atoms with E-state index >= 15 is 0 Å². The van der Waals surface area contributed by atoms with Crippen molar-refractivity contribution in [3.63, 3.8) is 0 Å². The average molecular weight is 317 g/mol. The Kier molecular flexibility index (Phi) is 6.15. The van der Waals surface area contributed by atoms with Crippen molar-refractivity contribution in [1.29, 1.82) is 0 Å². The predicted molar refractivity (Wildman–Crippen MR) is 56.4 cm³/mol. The summed E-state index contributed by atoms with van der Waals surface area (Å²) < 4.78 is 4.95. The van der Waals surface area contributed by atoms with Gasteiger partial charge in [-0.25, -0.2) is 10.2 Å². The molecule has 0 atom stereocenters. The Hall–Kier alpha value is -1.58. The largest absolute Gasteiger partial charge is 2.00 e. The molecule has 0 aromatic heterocycles. The molecule has 0 aliphatic carbocycles. The van der Waals surface area contributed by atoms with E-state index in [0.29, 0.717) is 11.3 Å². The van der Waals surface area contributed by atoms with Gasteiger partial charge in [0.15, 0.2) is 0 Å². The third-order valence-corrected chi connectivity index (χ3v) is 1.66. The zero-order chi connectivity index (χ0) is 11.3. The first-order chi connectivity index (χ1) is 7.15. The molecule has 5 N–H and O–H groups in total. The molecule has 0 fully saturated rings. The minimum atomic E-state index is -0.749. The number of nitrogens with two attached hydrogens (primary N) is 1. The van der Waals surface area contributed by atoms with Gasteiger partial charge in [0.05, 0.1) is 18.9 Å². The summed E-state index contributed by atoms with van der Waals surface area (Å²) in [5.41, 5.74) is 7.39. The number of hydrogen-bond acceptors (Lipinski definition) is 3. The van der Waals surface area contributed by atoms with Crippen LogP contribution in [0.5, 0.6) is 11.5 Å². The number of para-hydroxylation sites is 1. The number of urea groups is 1. The van der Waals surface area contributed by atoms with Crippen LogP contribution in [0, 0.1) is 0 Å². The Bertz CT molecular complexity index is 396. The summed E-state index contributed by atoms with van der Waals surface area (Å²) in [6.45, 7) is 0. The van der Waals surface area contributed by atoms with Crippen molar-refractivity contribution < 1.29 is 35.1 Å². The Balaban J connectivity index is 0.00000225. The van der Waals surface area contributed by atoms with Crippen LogP contribution in [0.4, 0.5) is 4.79 Å². The van der Waals surface area contributed by atoms with Crippen molar-refractivity contribution in [2.24, 2.45) is 10.8 Å². The van der Waals surface area contributed by atoms with E-state index < -0.39 is 6.03 Å². The number of hydrogen-bond donors (Lipinski definition) is 2. The first-order valence-corrected chi connectivity index (χ1v) is 4.12. The second kappa shape index (κ2) is 6.82. The topological polar surface area (TPSA) is 99.6 Å². The fourth-order valence-electron chi connectivity index (χ4n) is 0.991. The first-order valence-electron chi connectivity index (χ1n) is 4.12. The van der Waals surface area contributed by atoms with E-state index in [1.54, 1.807) is 18.2 Å². The van der Waals surface area contributed by atoms with Gasteiger partial charge in [0.2, 0.25) is 5.75 Å². The number of ether oxygens (including phenoxy) is 1. The summed E-state index contributed by atoms with van der Waals surface area (Å²) in [6, 6.07) is 4.32. The van der Waals surface area contributed by atoms with Gasteiger partial charge in [0.1, 0.15) is 0 Å². The smallest absolute Gasteiger partial charge is 0.590 e. The standard InChI is InChI=1S/C9H11N3O3.Pd/c1-15-7-4-2-3-6(8(7)13)5-11-12-9(10)14;/h2-5,13H,1H3,(H3,10,12,14);/q;+2/p+1. The molecule has 1 aromatic rings. The number of rotatable bonds is 3. The molecule has 0 heterocycles. The van der Waals surface area contributed by atoms with Gasteiger partial charge in [-0.1, -0.05) is 6.07 Å². The molecule has 0 aliphatic rings. The number of carbonyl (C=O) groups is 1. The summed E-state index contributed by atoms with van der Waals surface area (Å²) >= 11 is 0. The molecule has 16 heavy (non-hydrogen) atoms. The first kappa shape index (κ1) is 14.4. The molecule has 0 radical (unpaired) electrons. The summed E-state index contributed by atoms with van der Waals surface area (Å²) in [5, 5.41) is 11.2. The molecule has 1 aromatic carbocycles. The number of primary amides is 1. The van der Waals surface area contributed by atoms with Gasteiger partial charge < -0.3 is 15.6 Å². The molecule has 0 spiro atoms. The van der Waals surface area contributed by atoms with Gasteiger partial charge in [0.25, 0.3) is 0 Å². The average Bonchev–Trinajstić information content (AvgIpc) is 2.20. The number of nitrogens with one attached hydrogen (secondary N) is 1. The normalized spacial score (nSPS) is 9.56. The monoisotopic (exact) mass is 316 g/mol. The molecular weight excluding hydrogens is 305 g/mol. The van der Waals surface area contributed by atoms with Gasteiger partial charge in [0, 0.05) is 0 Å². The van der Waals surface area contributed by atoms with Gasteiger partial charge in [-0.2, -0.15) is 5.10 Å². The van der Waals surface area contributed by atoms with Gasteiger partial charge >= 0.3 is 32.2 Å². The van der Waals surface area contributed by atoms with Gasteiger partial charge in [-0.05, 0) is 12.1 Å². The van der Waals surface area contributed by atoms with Crippen LogP contribution in [0.15, 0.2) is 23.3 Å². The van der Waals surface area contributed by atoms with E-state index in [9.17, 15) is 4.79 Å². The number of amides is 2. The summed E-state index contributed by atoms with van der Waals surface area (Å²) in [5.74, 6) is 0.646.